The molecule has 0 aromatic heterocycles. The molecule has 0 N–H and O–H groups in total. The van der Waals surface area contributed by atoms with Gasteiger partial charge >= 0.3 is 0 Å². The normalized spacial score (nSPS) is 12.4. The predicted molar refractivity (Wildman–Crippen MR) is 141 cm³/mol. The molecule has 5 aromatic carbocycles. The summed E-state index contributed by atoms with van der Waals surface area (Å²) in [4.78, 5) is 0. The van der Waals surface area contributed by atoms with Gasteiger partial charge in [-0.05, 0) is 51.8 Å². The molecule has 0 aliphatic rings. The molecule has 5 rings (SSSR count). The van der Waals surface area contributed by atoms with Gasteiger partial charge in [0.1, 0.15) is 5.75 Å². The van der Waals surface area contributed by atoms with Crippen molar-refractivity contribution in [3.8, 4) is 16.9 Å². The predicted octanol–water partition coefficient (Wildman–Crippen LogP) is 7.51. The SMILES string of the molecule is COc1ccc2ccccc2c1-c1c(P(c2ccccc2)C(C)C)ccc2ccccc12. The highest BCUT2D eigenvalue weighted by Crippen LogP contribution is 2.47. The maximum atomic E-state index is 5.96. The van der Waals surface area contributed by atoms with Crippen LogP contribution in [0, 0.1) is 0 Å². The fraction of sp³-hybridized carbons (Fsp3) is 0.133. The van der Waals surface area contributed by atoms with Crippen molar-refractivity contribution in [2.75, 3.05) is 7.11 Å². The van der Waals surface area contributed by atoms with Crippen LogP contribution in [0.2, 0.25) is 0 Å². The number of fused-ring (bicyclic) bond motifs is 2. The van der Waals surface area contributed by atoms with Crippen LogP contribution >= 0.6 is 7.92 Å². The van der Waals surface area contributed by atoms with E-state index in [2.05, 4.69) is 117 Å². The third kappa shape index (κ3) is 3.57. The molecule has 2 heteroatoms. The quantitative estimate of drug-likeness (QED) is 0.260. The van der Waals surface area contributed by atoms with Crippen LogP contribution in [0.15, 0.2) is 103 Å². The minimum Gasteiger partial charge on any atom is -0.496 e. The molecule has 0 saturated heterocycles. The molecule has 1 atom stereocenters. The topological polar surface area (TPSA) is 9.23 Å². The number of benzene rings is 5. The highest BCUT2D eigenvalue weighted by atomic mass is 31.1. The molecule has 0 heterocycles. The fourth-order valence-electron chi connectivity index (χ4n) is 4.71. The van der Waals surface area contributed by atoms with Gasteiger partial charge < -0.3 is 4.74 Å². The molecular weight excluding hydrogens is 407 g/mol. The molecule has 158 valence electrons. The van der Waals surface area contributed by atoms with Gasteiger partial charge in [0.25, 0.3) is 0 Å². The first-order valence-corrected chi connectivity index (χ1v) is 12.5. The Bertz CT molecular complexity index is 1390. The van der Waals surface area contributed by atoms with Gasteiger partial charge in [-0.1, -0.05) is 111 Å². The first-order chi connectivity index (χ1) is 15.7. The summed E-state index contributed by atoms with van der Waals surface area (Å²) >= 11 is 0. The highest BCUT2D eigenvalue weighted by Gasteiger charge is 2.25. The Morgan fingerprint density at radius 3 is 1.78 bits per heavy atom. The summed E-state index contributed by atoms with van der Waals surface area (Å²) in [7, 11) is 1.22. The number of methoxy groups -OCH3 is 1. The van der Waals surface area contributed by atoms with E-state index < -0.39 is 7.92 Å². The number of rotatable bonds is 5. The first kappa shape index (κ1) is 20.7. The van der Waals surface area contributed by atoms with E-state index in [0.29, 0.717) is 5.66 Å². The molecule has 5 aromatic rings. The van der Waals surface area contributed by atoms with Crippen molar-refractivity contribution in [2.45, 2.75) is 19.5 Å². The lowest BCUT2D eigenvalue weighted by molar-refractivity contribution is 0.417. The van der Waals surface area contributed by atoms with Crippen LogP contribution in [0.5, 0.6) is 5.75 Å². The van der Waals surface area contributed by atoms with Gasteiger partial charge in [0.15, 0.2) is 0 Å². The Labute approximate surface area is 191 Å². The molecule has 1 nitrogen and oxygen atoms in total. The average molecular weight is 435 g/mol. The lowest BCUT2D eigenvalue weighted by atomic mass is 9.93. The second-order valence-electron chi connectivity index (χ2n) is 8.34. The molecule has 0 radical (unpaired) electrons. The lowest BCUT2D eigenvalue weighted by Gasteiger charge is -2.27. The third-order valence-electron chi connectivity index (χ3n) is 6.08. The number of hydrogen-bond donors (Lipinski definition) is 0. The fourth-order valence-corrected chi connectivity index (χ4v) is 7.34. The van der Waals surface area contributed by atoms with Gasteiger partial charge in [0, 0.05) is 11.1 Å². The zero-order valence-corrected chi connectivity index (χ0v) is 19.6. The van der Waals surface area contributed by atoms with Crippen LogP contribution in [0.3, 0.4) is 0 Å². The second kappa shape index (κ2) is 8.77. The molecule has 1 unspecified atom stereocenters. The Balaban J connectivity index is 1.93. The molecule has 0 spiro atoms. The molecule has 0 aliphatic carbocycles. The highest BCUT2D eigenvalue weighted by molar-refractivity contribution is 7.73. The lowest BCUT2D eigenvalue weighted by Crippen LogP contribution is -2.20. The van der Waals surface area contributed by atoms with Gasteiger partial charge in [0.05, 0.1) is 7.11 Å². The van der Waals surface area contributed by atoms with Crippen molar-refractivity contribution in [1.29, 1.82) is 0 Å². The van der Waals surface area contributed by atoms with Crippen LogP contribution in [-0.2, 0) is 0 Å². The third-order valence-corrected chi connectivity index (χ3v) is 8.86. The van der Waals surface area contributed by atoms with Crippen molar-refractivity contribution >= 4 is 40.1 Å². The van der Waals surface area contributed by atoms with E-state index >= 15 is 0 Å². The monoisotopic (exact) mass is 434 g/mol. The van der Waals surface area contributed by atoms with E-state index in [0.717, 1.165) is 5.75 Å². The van der Waals surface area contributed by atoms with Crippen LogP contribution in [0.4, 0.5) is 0 Å². The molecule has 0 saturated carbocycles. The van der Waals surface area contributed by atoms with Crippen molar-refractivity contribution in [1.82, 2.24) is 0 Å². The first-order valence-electron chi connectivity index (χ1n) is 11.1. The van der Waals surface area contributed by atoms with E-state index in [4.69, 9.17) is 4.74 Å². The maximum absolute atomic E-state index is 5.96. The Morgan fingerprint density at radius 1 is 0.594 bits per heavy atom. The van der Waals surface area contributed by atoms with Crippen molar-refractivity contribution in [3.05, 3.63) is 103 Å². The summed E-state index contributed by atoms with van der Waals surface area (Å²) in [6.45, 7) is 4.69. The summed E-state index contributed by atoms with van der Waals surface area (Å²) < 4.78 is 5.96. The molecular formula is C30H27OP. The Hall–Kier alpha value is -3.15. The summed E-state index contributed by atoms with van der Waals surface area (Å²) in [5, 5.41) is 7.83. The molecule has 0 amide bonds. The van der Waals surface area contributed by atoms with Crippen LogP contribution in [0.1, 0.15) is 13.8 Å². The summed E-state index contributed by atoms with van der Waals surface area (Å²) in [6.07, 6.45) is 0. The van der Waals surface area contributed by atoms with E-state index in [9.17, 15) is 0 Å². The van der Waals surface area contributed by atoms with Crippen molar-refractivity contribution in [2.24, 2.45) is 0 Å². The number of ether oxygens (including phenoxy) is 1. The van der Waals surface area contributed by atoms with E-state index in [1.807, 2.05) is 0 Å². The number of hydrogen-bond acceptors (Lipinski definition) is 1. The molecule has 0 bridgehead atoms. The van der Waals surface area contributed by atoms with Crippen LogP contribution in [-0.4, -0.2) is 12.8 Å². The van der Waals surface area contributed by atoms with E-state index in [1.54, 1.807) is 7.11 Å². The smallest absolute Gasteiger partial charge is 0.127 e. The van der Waals surface area contributed by atoms with Gasteiger partial charge in [-0.15, -0.1) is 0 Å². The standard InChI is InChI=1S/C30H27OP/c1-21(2)32(24-13-5-4-6-14-24)28-20-18-23-12-8-10-16-26(23)30(28)29-25-15-9-7-11-22(25)17-19-27(29)31-3/h4-21H,1-3H3. The van der Waals surface area contributed by atoms with Crippen LogP contribution < -0.4 is 15.3 Å². The van der Waals surface area contributed by atoms with Crippen molar-refractivity contribution in [3.63, 3.8) is 0 Å². The summed E-state index contributed by atoms with van der Waals surface area (Å²) in [6, 6.07) is 37.3. The molecule has 0 fully saturated rings. The minimum atomic E-state index is -0.556. The Kier molecular flexibility index (Phi) is 5.68. The van der Waals surface area contributed by atoms with E-state index in [-0.39, 0.29) is 0 Å². The summed E-state index contributed by atoms with van der Waals surface area (Å²) in [5.41, 5.74) is 3.01. The summed E-state index contributed by atoms with van der Waals surface area (Å²) in [5.74, 6) is 0.924. The van der Waals surface area contributed by atoms with Gasteiger partial charge in [-0.2, -0.15) is 0 Å². The van der Waals surface area contributed by atoms with Crippen LogP contribution in [0.25, 0.3) is 32.7 Å². The van der Waals surface area contributed by atoms with E-state index in [1.165, 1.54) is 43.3 Å². The van der Waals surface area contributed by atoms with Gasteiger partial charge in [-0.3, -0.25) is 0 Å². The Morgan fingerprint density at radius 2 is 1.16 bits per heavy atom. The largest absolute Gasteiger partial charge is 0.496 e. The second-order valence-corrected chi connectivity index (χ2v) is 11.1. The maximum Gasteiger partial charge on any atom is 0.127 e. The van der Waals surface area contributed by atoms with Gasteiger partial charge in [0.2, 0.25) is 0 Å². The van der Waals surface area contributed by atoms with Gasteiger partial charge in [-0.25, -0.2) is 0 Å². The molecule has 0 aliphatic heterocycles. The minimum absolute atomic E-state index is 0.508. The van der Waals surface area contributed by atoms with Crippen molar-refractivity contribution < 1.29 is 4.74 Å². The zero-order valence-electron chi connectivity index (χ0n) is 18.7. The average Bonchev–Trinajstić information content (AvgIpc) is 2.84. The molecule has 32 heavy (non-hydrogen) atoms. The zero-order chi connectivity index (χ0) is 22.1.